The maximum atomic E-state index is 10.0. The second-order valence-corrected chi connectivity index (χ2v) is 7.87. The maximum absolute atomic E-state index is 10.0. The van der Waals surface area contributed by atoms with Crippen LogP contribution >= 0.6 is 0 Å². The van der Waals surface area contributed by atoms with Crippen molar-refractivity contribution in [1.29, 1.82) is 0 Å². The summed E-state index contributed by atoms with van der Waals surface area (Å²) in [5, 5.41) is 0. The van der Waals surface area contributed by atoms with Crippen molar-refractivity contribution >= 4 is 25.6 Å². The molecule has 0 aliphatic heterocycles. The van der Waals surface area contributed by atoms with E-state index in [4.69, 9.17) is 5.73 Å². The first-order valence-electron chi connectivity index (χ1n) is 6.11. The Bertz CT molecular complexity index is 538. The number of halogens is 2. The molecule has 2 N–H and O–H groups in total. The van der Waals surface area contributed by atoms with E-state index in [0.717, 1.165) is 6.42 Å². The van der Waals surface area contributed by atoms with E-state index in [0.29, 0.717) is 0 Å². The Morgan fingerprint density at radius 3 is 2.14 bits per heavy atom. The first-order chi connectivity index (χ1) is 9.00. The molecule has 6 heteroatoms. The van der Waals surface area contributed by atoms with E-state index in [9.17, 15) is 4.79 Å². The molecule has 0 atom stereocenters. The number of hydrogen-bond acceptors (Lipinski definition) is 1. The summed E-state index contributed by atoms with van der Waals surface area (Å²) in [5.74, 6) is -0.293. The Balaban J connectivity index is 0. The number of hydrogen-bond donors (Lipinski definition) is 1. The molecule has 0 saturated heterocycles. The zero-order valence-electron chi connectivity index (χ0n) is 12.1. The number of carbonyl (C=O) groups is 1. The van der Waals surface area contributed by atoms with E-state index in [-0.39, 0.29) is 30.7 Å². The molecule has 2 nitrogen and oxygen atoms in total. The number of rotatable bonds is 2. The number of benzene rings is 1. The molecule has 1 amide bonds. The van der Waals surface area contributed by atoms with Crippen molar-refractivity contribution in [2.75, 3.05) is 0 Å². The average molecular weight is 375 g/mol. The van der Waals surface area contributed by atoms with Crippen molar-refractivity contribution < 1.29 is 50.0 Å². The standard InChI is InChI=1S/C11H9.C4H9NOSi.2ClH.Ti/c1-2-6-10(7-3-1)11-8-4-5-9-11;1-7(2)3-4(5)6;;;/h1-4,6-8H,5H2;3H,1-2H3,(H2,5,6);2*1H;/q;;;;+2/p-2. The molecule has 0 aromatic heterocycles. The summed E-state index contributed by atoms with van der Waals surface area (Å²) < 4.78 is 1.47. The van der Waals surface area contributed by atoms with Crippen LogP contribution in [0.1, 0.15) is 12.0 Å². The van der Waals surface area contributed by atoms with Gasteiger partial charge in [-0.15, -0.1) is 0 Å². The normalized spacial score (nSPS) is 11.6. The fourth-order valence-electron chi connectivity index (χ4n) is 1.68. The molecule has 0 heterocycles. The summed E-state index contributed by atoms with van der Waals surface area (Å²) >= 11 is 2.20. The van der Waals surface area contributed by atoms with E-state index in [2.05, 4.69) is 62.9 Å². The van der Waals surface area contributed by atoms with Crippen LogP contribution < -0.4 is 30.5 Å². The van der Waals surface area contributed by atoms with E-state index in [1.165, 1.54) is 15.0 Å². The monoisotopic (exact) mass is 374 g/mol. The third-order valence-corrected chi connectivity index (χ3v) is 4.05. The van der Waals surface area contributed by atoms with Gasteiger partial charge in [-0.2, -0.15) is 0 Å². The van der Waals surface area contributed by atoms with Crippen LogP contribution in [-0.4, -0.2) is 20.0 Å². The Labute approximate surface area is 152 Å². The van der Waals surface area contributed by atoms with Crippen LogP contribution in [0, 0.1) is 0 Å². The molecule has 2 rings (SSSR count). The van der Waals surface area contributed by atoms with Crippen LogP contribution in [0.2, 0.25) is 13.1 Å². The zero-order valence-corrected chi connectivity index (χ0v) is 16.1. The van der Waals surface area contributed by atoms with Crippen molar-refractivity contribution in [1.82, 2.24) is 0 Å². The SMILES string of the molecule is C[Si](C)=CC(N)=O.[Cl-].[Cl-].[Ti+2][C]1=C(c2ccccc2)C=CC1. The zero-order chi connectivity index (χ0) is 14.3. The molecule has 0 radical (unpaired) electrons. The van der Waals surface area contributed by atoms with E-state index in [1.807, 2.05) is 13.1 Å². The van der Waals surface area contributed by atoms with Gasteiger partial charge in [0.25, 0.3) is 0 Å². The average Bonchev–Trinajstić information content (AvgIpc) is 2.75. The topological polar surface area (TPSA) is 43.1 Å². The third kappa shape index (κ3) is 9.22. The number of primary amides is 1. The number of allylic oxidation sites excluding steroid dienone is 4. The van der Waals surface area contributed by atoms with Crippen LogP contribution in [0.4, 0.5) is 0 Å². The summed E-state index contributed by atoms with van der Waals surface area (Å²) in [5.41, 5.74) is 9.13. The molecule has 1 aromatic carbocycles. The predicted octanol–water partition coefficient (Wildman–Crippen LogP) is -3.48. The minimum atomic E-state index is -0.534. The molecule has 111 valence electrons. The second kappa shape index (κ2) is 12.1. The molecule has 0 unspecified atom stereocenters. The fraction of sp³-hybridized carbons (Fsp3) is 0.200. The molecular weight excluding hydrogens is 357 g/mol. The molecule has 1 aliphatic carbocycles. The van der Waals surface area contributed by atoms with Crippen LogP contribution in [0.15, 0.2) is 46.4 Å². The van der Waals surface area contributed by atoms with Gasteiger partial charge >= 0.3 is 84.4 Å². The summed E-state index contributed by atoms with van der Waals surface area (Å²) in [6, 6.07) is 10.5. The summed E-state index contributed by atoms with van der Waals surface area (Å²) in [6.07, 6.45) is 5.55. The Morgan fingerprint density at radius 2 is 1.81 bits per heavy atom. The summed E-state index contributed by atoms with van der Waals surface area (Å²) in [6.45, 7) is 4.02. The van der Waals surface area contributed by atoms with Crippen molar-refractivity contribution in [2.45, 2.75) is 19.5 Å². The van der Waals surface area contributed by atoms with Crippen LogP contribution in [-0.2, 0) is 25.2 Å². The number of nitrogens with two attached hydrogens (primary N) is 1. The van der Waals surface area contributed by atoms with Crippen LogP contribution in [0.3, 0.4) is 0 Å². The molecular formula is C15H18Cl2NOSiTi. The quantitative estimate of drug-likeness (QED) is 0.537. The number of amides is 1. The van der Waals surface area contributed by atoms with Gasteiger partial charge in [-0.3, -0.25) is 4.79 Å². The van der Waals surface area contributed by atoms with Gasteiger partial charge in [0, 0.05) is 8.41 Å². The first-order valence-corrected chi connectivity index (χ1v) is 9.47. The molecule has 0 spiro atoms. The van der Waals surface area contributed by atoms with Crippen molar-refractivity contribution in [2.24, 2.45) is 5.73 Å². The molecule has 0 saturated carbocycles. The van der Waals surface area contributed by atoms with E-state index in [1.54, 1.807) is 5.67 Å². The minimum absolute atomic E-state index is 0. The van der Waals surface area contributed by atoms with Crippen LogP contribution in [0.25, 0.3) is 5.57 Å². The number of carbonyl (C=O) groups excluding carboxylic acids is 1. The molecule has 1 aliphatic rings. The van der Waals surface area contributed by atoms with Gasteiger partial charge in [-0.25, -0.2) is 0 Å². The fourth-order valence-corrected chi connectivity index (χ4v) is 2.79. The predicted molar refractivity (Wildman–Crippen MR) is 79.9 cm³/mol. The van der Waals surface area contributed by atoms with Crippen LogP contribution in [0.5, 0.6) is 0 Å². The van der Waals surface area contributed by atoms with Crippen molar-refractivity contribution in [3.05, 3.63) is 51.9 Å². The van der Waals surface area contributed by atoms with Gasteiger partial charge < -0.3 is 30.5 Å². The van der Waals surface area contributed by atoms with E-state index < -0.39 is 8.41 Å². The summed E-state index contributed by atoms with van der Waals surface area (Å²) in [7, 11) is -0.534. The third-order valence-electron chi connectivity index (χ3n) is 2.45. The Kier molecular flexibility index (Phi) is 13.2. The summed E-state index contributed by atoms with van der Waals surface area (Å²) in [4.78, 5) is 10.0. The molecule has 0 bridgehead atoms. The Hall–Kier alpha value is -0.449. The van der Waals surface area contributed by atoms with Crippen molar-refractivity contribution in [3.8, 4) is 0 Å². The second-order valence-electron chi connectivity index (χ2n) is 4.49. The van der Waals surface area contributed by atoms with Gasteiger partial charge in [0.1, 0.15) is 0 Å². The van der Waals surface area contributed by atoms with Gasteiger partial charge in [-0.05, 0) is 5.67 Å². The van der Waals surface area contributed by atoms with Crippen molar-refractivity contribution in [3.63, 3.8) is 0 Å². The van der Waals surface area contributed by atoms with Gasteiger partial charge in [-0.1, -0.05) is 13.1 Å². The van der Waals surface area contributed by atoms with E-state index >= 15 is 0 Å². The molecule has 0 fully saturated rings. The molecule has 1 aromatic rings. The van der Waals surface area contributed by atoms with Gasteiger partial charge in [0.05, 0.1) is 0 Å². The molecule has 21 heavy (non-hydrogen) atoms. The van der Waals surface area contributed by atoms with Gasteiger partial charge in [0.15, 0.2) is 0 Å². The first kappa shape index (κ1) is 22.8. The Morgan fingerprint density at radius 1 is 1.24 bits per heavy atom. The van der Waals surface area contributed by atoms with Gasteiger partial charge in [0.2, 0.25) is 5.91 Å².